The second kappa shape index (κ2) is 12.8. The molecule has 0 heterocycles. The zero-order chi connectivity index (χ0) is 26.2. The number of carbonyl (C=O) groups excluding carboxylic acids is 3. The molecule has 0 bridgehead atoms. The first-order chi connectivity index (χ1) is 16.5. The van der Waals surface area contributed by atoms with E-state index >= 15 is 0 Å². The third kappa shape index (κ3) is 8.18. The predicted molar refractivity (Wildman–Crippen MR) is 132 cm³/mol. The smallest absolute Gasteiger partial charge is 0.329 e. The van der Waals surface area contributed by atoms with E-state index in [1.807, 2.05) is 36.4 Å². The highest BCUT2D eigenvalue weighted by Crippen LogP contribution is 2.28. The number of fused-ring (bicyclic) bond motifs is 1. The van der Waals surface area contributed by atoms with Gasteiger partial charge in [-0.1, -0.05) is 43.0 Å². The Labute approximate surface area is 208 Å². The molecule has 0 unspecified atom stereocenters. The molecule has 0 radical (unpaired) electrons. The van der Waals surface area contributed by atoms with Crippen molar-refractivity contribution < 1.29 is 33.9 Å². The molecule has 2 aromatic carbocycles. The van der Waals surface area contributed by atoms with E-state index in [2.05, 4.69) is 10.2 Å². The van der Waals surface area contributed by atoms with E-state index in [4.69, 9.17) is 14.7 Å². The second-order valence-electron chi connectivity index (χ2n) is 8.50. The largest absolute Gasteiger partial charge is 0.738 e. The molecule has 2 atom stereocenters. The Kier molecular flexibility index (Phi) is 10.5. The highest BCUT2D eigenvalue weighted by molar-refractivity contribution is 8.13. The van der Waals surface area contributed by atoms with E-state index < -0.39 is 41.2 Å². The number of esters is 1. The summed E-state index contributed by atoms with van der Waals surface area (Å²) < 4.78 is 10.3. The maximum atomic E-state index is 12.9. The molecule has 11 heteroatoms. The van der Waals surface area contributed by atoms with Gasteiger partial charge in [0, 0.05) is 5.75 Å². The Morgan fingerprint density at radius 3 is 2.46 bits per heavy atom. The van der Waals surface area contributed by atoms with Crippen LogP contribution in [0.3, 0.4) is 0 Å². The molecule has 0 saturated heterocycles. The van der Waals surface area contributed by atoms with Gasteiger partial charge in [0.05, 0.1) is 31.7 Å². The number of benzene rings is 2. The number of amides is 1. The van der Waals surface area contributed by atoms with Gasteiger partial charge in [0.1, 0.15) is 11.8 Å². The summed E-state index contributed by atoms with van der Waals surface area (Å²) in [5, 5.41) is 22.8. The Balaban J connectivity index is 2.08. The van der Waals surface area contributed by atoms with Gasteiger partial charge in [-0.25, -0.2) is 4.79 Å². The van der Waals surface area contributed by atoms with Gasteiger partial charge in [-0.15, -0.1) is 5.39 Å². The van der Waals surface area contributed by atoms with E-state index in [0.717, 1.165) is 33.8 Å². The highest BCUT2D eigenvalue weighted by atomic mass is 32.2. The average molecular weight is 508 g/mol. The number of methoxy groups -OCH3 is 1. The maximum Gasteiger partial charge on any atom is 0.329 e. The predicted octanol–water partition coefficient (Wildman–Crippen LogP) is 3.41. The summed E-state index contributed by atoms with van der Waals surface area (Å²) in [7, 11) is 1.60. The van der Waals surface area contributed by atoms with E-state index in [-0.39, 0.29) is 17.5 Å². The van der Waals surface area contributed by atoms with E-state index in [0.29, 0.717) is 0 Å². The quantitative estimate of drug-likeness (QED) is 0.325. The van der Waals surface area contributed by atoms with Crippen molar-refractivity contribution in [3.05, 3.63) is 47.2 Å². The zero-order valence-corrected chi connectivity index (χ0v) is 21.2. The number of nitrogens with one attached hydrogen (secondary N) is 1. The minimum atomic E-state index is -1.24. The lowest BCUT2D eigenvalue weighted by Crippen LogP contribution is -2.50. The van der Waals surface area contributed by atoms with Gasteiger partial charge in [0.15, 0.2) is 5.12 Å². The molecule has 192 valence electrons. The van der Waals surface area contributed by atoms with E-state index in [1.54, 1.807) is 21.0 Å². The van der Waals surface area contributed by atoms with Gasteiger partial charge >= 0.3 is 5.97 Å². The maximum absolute atomic E-state index is 12.9. The molecule has 10 nitrogen and oxygen atoms in total. The average Bonchev–Trinajstić information content (AvgIpc) is 2.83. The number of rotatable bonds is 12. The fourth-order valence-corrected chi connectivity index (χ4v) is 4.05. The van der Waals surface area contributed by atoms with Gasteiger partial charge in [-0.3, -0.25) is 14.4 Å². The summed E-state index contributed by atoms with van der Waals surface area (Å²) in [5.41, 5.74) is -0.423. The molecule has 2 aromatic rings. The standard InChI is InChI=1S/C24H31N2O8S/c1-6-33-21(27)20(25-23(29)24(3,4)14-34-26(30)31)13-35-22(28)15(2)16-7-8-18-12-19(32-5)10-9-17(18)11-16/h7-12,15,20,30H,6,13-14H2,1-5H3,(H,25,29)/q-1/t15-,20+/m0/s1. The first-order valence-electron chi connectivity index (χ1n) is 11.0. The third-order valence-electron chi connectivity index (χ3n) is 5.34. The molecule has 0 fully saturated rings. The molecule has 2 rings (SSSR count). The zero-order valence-electron chi connectivity index (χ0n) is 20.4. The number of hydrogen-bond donors (Lipinski definition) is 2. The molecule has 35 heavy (non-hydrogen) atoms. The second-order valence-corrected chi connectivity index (χ2v) is 9.52. The van der Waals surface area contributed by atoms with Gasteiger partial charge in [0.2, 0.25) is 5.91 Å². The summed E-state index contributed by atoms with van der Waals surface area (Å²) in [6.07, 6.45) is 0. The Hall–Kier alpha value is -2.70. The van der Waals surface area contributed by atoms with Gasteiger partial charge < -0.3 is 25.2 Å². The summed E-state index contributed by atoms with van der Waals surface area (Å²) in [4.78, 5) is 42.4. The Morgan fingerprint density at radius 2 is 1.83 bits per heavy atom. The van der Waals surface area contributed by atoms with Crippen LogP contribution in [0.1, 0.15) is 39.2 Å². The molecule has 2 N–H and O–H groups in total. The van der Waals surface area contributed by atoms with Crippen molar-refractivity contribution in [2.75, 3.05) is 26.1 Å². The number of nitrogens with zero attached hydrogens (tertiary/aromatic N) is 1. The molecule has 1 amide bonds. The van der Waals surface area contributed by atoms with Crippen LogP contribution in [-0.4, -0.2) is 59.7 Å². The Morgan fingerprint density at radius 1 is 1.17 bits per heavy atom. The summed E-state index contributed by atoms with van der Waals surface area (Å²) in [5.74, 6) is -1.04. The first-order valence-corrected chi connectivity index (χ1v) is 12.0. The van der Waals surface area contributed by atoms with E-state index in [1.165, 1.54) is 13.8 Å². The number of thioether (sulfide) groups is 1. The van der Waals surface area contributed by atoms with Crippen LogP contribution in [0.15, 0.2) is 36.4 Å². The Bertz CT molecular complexity index is 1040. The highest BCUT2D eigenvalue weighted by Gasteiger charge is 2.33. The van der Waals surface area contributed by atoms with Gasteiger partial charge in [0.25, 0.3) is 0 Å². The molecular formula is C24H31N2O8S-. The van der Waals surface area contributed by atoms with Gasteiger partial charge in [-0.2, -0.15) is 0 Å². The number of hydrogen-bond acceptors (Lipinski definition) is 10. The van der Waals surface area contributed by atoms with Crippen molar-refractivity contribution in [1.29, 1.82) is 0 Å². The number of carbonyl (C=O) groups is 3. The lowest BCUT2D eigenvalue weighted by molar-refractivity contribution is -0.313. The first kappa shape index (κ1) is 28.5. The fourth-order valence-electron chi connectivity index (χ4n) is 3.11. The van der Waals surface area contributed by atoms with Crippen molar-refractivity contribution in [2.24, 2.45) is 5.41 Å². The van der Waals surface area contributed by atoms with Crippen LogP contribution >= 0.6 is 11.8 Å². The van der Waals surface area contributed by atoms with Crippen LogP contribution in [0.2, 0.25) is 0 Å². The molecule has 0 aromatic heterocycles. The minimum Gasteiger partial charge on any atom is -0.738 e. The molecule has 0 aliphatic carbocycles. The van der Waals surface area contributed by atoms with Crippen molar-refractivity contribution in [3.63, 3.8) is 0 Å². The lowest BCUT2D eigenvalue weighted by atomic mass is 9.93. The fraction of sp³-hybridized carbons (Fsp3) is 0.458. The molecule has 0 aliphatic heterocycles. The lowest BCUT2D eigenvalue weighted by Gasteiger charge is -2.29. The van der Waals surface area contributed by atoms with Crippen LogP contribution in [0, 0.1) is 10.6 Å². The summed E-state index contributed by atoms with van der Waals surface area (Å²) in [6, 6.07) is 10.3. The topological polar surface area (TPSA) is 137 Å². The van der Waals surface area contributed by atoms with Crippen molar-refractivity contribution in [1.82, 2.24) is 10.7 Å². The van der Waals surface area contributed by atoms with Crippen LogP contribution in [0.25, 0.3) is 10.8 Å². The third-order valence-corrected chi connectivity index (χ3v) is 6.48. The van der Waals surface area contributed by atoms with Crippen LogP contribution in [0.5, 0.6) is 5.75 Å². The minimum absolute atomic E-state index is 0.0385. The van der Waals surface area contributed by atoms with Crippen LogP contribution in [-0.2, 0) is 24.0 Å². The SMILES string of the molecule is CCOC(=O)[C@@H](CSC(=O)[C@@H](C)c1ccc2cc(OC)ccc2c1)NC(=O)C(C)(C)CON([O-])O. The monoisotopic (exact) mass is 507 g/mol. The van der Waals surface area contributed by atoms with Gasteiger partial charge in [-0.05, 0) is 49.2 Å². The normalized spacial score (nSPS) is 13.4. The van der Waals surface area contributed by atoms with Crippen molar-refractivity contribution >= 4 is 39.5 Å². The summed E-state index contributed by atoms with van der Waals surface area (Å²) in [6.45, 7) is 6.04. The number of ether oxygens (including phenoxy) is 2. The van der Waals surface area contributed by atoms with Crippen molar-refractivity contribution in [3.8, 4) is 5.75 Å². The van der Waals surface area contributed by atoms with Crippen LogP contribution in [0.4, 0.5) is 0 Å². The van der Waals surface area contributed by atoms with Crippen molar-refractivity contribution in [2.45, 2.75) is 39.7 Å². The van der Waals surface area contributed by atoms with E-state index in [9.17, 15) is 19.6 Å². The molecule has 0 saturated carbocycles. The molecule has 0 aliphatic rings. The van der Waals surface area contributed by atoms with Crippen LogP contribution < -0.4 is 10.1 Å². The molecular weight excluding hydrogens is 476 g/mol. The molecule has 0 spiro atoms. The summed E-state index contributed by atoms with van der Waals surface area (Å²) >= 11 is 0.920.